The number of allylic oxidation sites excluding steroid dienone is 1. The molecule has 1 aliphatic rings. The van der Waals surface area contributed by atoms with Crippen LogP contribution in [0.25, 0.3) is 0 Å². The Balaban J connectivity index is 2.39. The zero-order chi connectivity index (χ0) is 27.8. The minimum absolute atomic E-state index is 0.0139. The highest BCUT2D eigenvalue weighted by atomic mass is 19.4. The fourth-order valence-corrected chi connectivity index (χ4v) is 4.28. The molecule has 2 amide bonds. The van der Waals surface area contributed by atoms with Crippen molar-refractivity contribution in [1.82, 2.24) is 4.90 Å². The van der Waals surface area contributed by atoms with Gasteiger partial charge in [-0.3, -0.25) is 9.69 Å². The fourth-order valence-electron chi connectivity index (χ4n) is 4.28. The molecule has 1 aliphatic heterocycles. The van der Waals surface area contributed by atoms with Crippen LogP contribution in [0.4, 0.5) is 29.3 Å². The van der Waals surface area contributed by atoms with Gasteiger partial charge in [-0.15, -0.1) is 0 Å². The van der Waals surface area contributed by atoms with E-state index in [4.69, 9.17) is 5.73 Å². The number of hydrogen-bond donors (Lipinski definition) is 2. The van der Waals surface area contributed by atoms with E-state index >= 15 is 0 Å². The predicted octanol–water partition coefficient (Wildman–Crippen LogP) is 4.76. The monoisotopic (exact) mass is 513 g/mol. The summed E-state index contributed by atoms with van der Waals surface area (Å²) in [6, 6.07) is 6.18. The minimum atomic E-state index is -4.67. The van der Waals surface area contributed by atoms with E-state index in [0.29, 0.717) is 0 Å². The quantitative estimate of drug-likeness (QED) is 0.436. The number of urea groups is 1. The van der Waals surface area contributed by atoms with Crippen LogP contribution in [0, 0.1) is 11.3 Å². The molecule has 1 atom stereocenters. The topological polar surface area (TPSA) is 140 Å². The summed E-state index contributed by atoms with van der Waals surface area (Å²) in [4.78, 5) is 44.9. The van der Waals surface area contributed by atoms with Crippen molar-refractivity contribution in [2.45, 2.75) is 33.0 Å². The van der Waals surface area contributed by atoms with Crippen LogP contribution < -0.4 is 10.6 Å². The number of nitrogens with two attached hydrogens (primary N) is 1. The van der Waals surface area contributed by atoms with Crippen molar-refractivity contribution in [3.8, 4) is 6.07 Å². The van der Waals surface area contributed by atoms with E-state index in [-0.39, 0.29) is 45.2 Å². The molecule has 0 bridgehead atoms. The van der Waals surface area contributed by atoms with E-state index in [1.54, 1.807) is 0 Å². The summed E-state index contributed by atoms with van der Waals surface area (Å²) in [7, 11) is 1.29. The molecule has 2 aromatic carbocycles. The lowest BCUT2D eigenvalue weighted by Gasteiger charge is -2.42. The summed E-state index contributed by atoms with van der Waals surface area (Å²) < 4.78 is 40.0. The van der Waals surface area contributed by atoms with E-state index in [1.165, 1.54) is 40.0 Å². The van der Waals surface area contributed by atoms with E-state index in [9.17, 15) is 37.9 Å². The Labute approximate surface area is 209 Å². The number of carbonyl (C=O) groups is 3. The third kappa shape index (κ3) is 5.02. The van der Waals surface area contributed by atoms with Gasteiger partial charge in [0, 0.05) is 23.9 Å². The predicted molar refractivity (Wildman–Crippen MR) is 128 cm³/mol. The molecular weight excluding hydrogens is 491 g/mol. The van der Waals surface area contributed by atoms with Crippen LogP contribution >= 0.6 is 0 Å². The molecule has 1 heterocycles. The molecular formula is C25H22F3N5O4. The summed E-state index contributed by atoms with van der Waals surface area (Å²) in [5.41, 5.74) is 4.05. The number of amidine groups is 1. The Morgan fingerprint density at radius 3 is 2.35 bits per heavy atom. The summed E-state index contributed by atoms with van der Waals surface area (Å²) in [6.45, 7) is 4.01. The van der Waals surface area contributed by atoms with Gasteiger partial charge in [0.25, 0.3) is 0 Å². The number of aromatic carboxylic acids is 1. The second-order valence-corrected chi connectivity index (χ2v) is 8.36. The molecule has 0 saturated heterocycles. The van der Waals surface area contributed by atoms with Crippen molar-refractivity contribution in [2.24, 2.45) is 10.7 Å². The first-order valence-corrected chi connectivity index (χ1v) is 10.8. The van der Waals surface area contributed by atoms with Crippen LogP contribution in [0.15, 0.2) is 52.7 Å². The van der Waals surface area contributed by atoms with E-state index in [2.05, 4.69) is 4.99 Å². The molecule has 192 valence electrons. The highest BCUT2D eigenvalue weighted by Crippen LogP contribution is 2.44. The number of likely N-dealkylation sites (N-methyl/N-ethyl adjacent to an activating group) is 1. The van der Waals surface area contributed by atoms with Gasteiger partial charge in [-0.05, 0) is 51.1 Å². The lowest BCUT2D eigenvalue weighted by molar-refractivity contribution is -0.137. The number of amides is 2. The van der Waals surface area contributed by atoms with Gasteiger partial charge in [0.15, 0.2) is 5.78 Å². The number of carboxylic acid groups (broad SMARTS) is 1. The Morgan fingerprint density at radius 2 is 1.84 bits per heavy atom. The number of rotatable bonds is 5. The first kappa shape index (κ1) is 26.9. The fraction of sp³-hybridized carbons (Fsp3) is 0.240. The maximum Gasteiger partial charge on any atom is 0.416 e. The molecule has 0 aliphatic carbocycles. The standard InChI is InChI=1S/C25H22F3N5O4/c1-12-20(13(2)34)22(21-18(23(35)36)8-15(11-29)9-19(21)31-14(3)30)32(4)24(37)33(12)17-7-5-6-16(10-17)25(26,27)28/h5-10,22H,1-4H3,(H2,30,31)(H,35,36). The molecule has 3 N–H and O–H groups in total. The third-order valence-electron chi connectivity index (χ3n) is 5.78. The van der Waals surface area contributed by atoms with Gasteiger partial charge < -0.3 is 15.7 Å². The number of benzene rings is 2. The number of nitriles is 1. The number of hydrogen-bond acceptors (Lipinski definition) is 5. The molecule has 1 unspecified atom stereocenters. The molecule has 0 saturated carbocycles. The maximum absolute atomic E-state index is 13.6. The zero-order valence-corrected chi connectivity index (χ0v) is 20.2. The van der Waals surface area contributed by atoms with Crippen molar-refractivity contribution in [3.63, 3.8) is 0 Å². The average Bonchev–Trinajstić information content (AvgIpc) is 2.80. The summed E-state index contributed by atoms with van der Waals surface area (Å²) in [5.74, 6) is -1.98. The largest absolute Gasteiger partial charge is 0.478 e. The molecule has 0 fully saturated rings. The van der Waals surface area contributed by atoms with E-state index in [1.807, 2.05) is 6.07 Å². The smallest absolute Gasteiger partial charge is 0.416 e. The van der Waals surface area contributed by atoms with E-state index < -0.39 is 35.6 Å². The molecule has 0 radical (unpaired) electrons. The first-order valence-electron chi connectivity index (χ1n) is 10.8. The van der Waals surface area contributed by atoms with Crippen LogP contribution in [0.1, 0.15) is 53.9 Å². The number of alkyl halides is 3. The van der Waals surface area contributed by atoms with Crippen LogP contribution in [0.5, 0.6) is 0 Å². The van der Waals surface area contributed by atoms with Gasteiger partial charge in [-0.25, -0.2) is 14.6 Å². The Morgan fingerprint density at radius 1 is 1.19 bits per heavy atom. The van der Waals surface area contributed by atoms with Crippen molar-refractivity contribution in [2.75, 3.05) is 11.9 Å². The van der Waals surface area contributed by atoms with E-state index in [0.717, 1.165) is 34.1 Å². The number of ketones is 1. The van der Waals surface area contributed by atoms with Crippen LogP contribution in [-0.4, -0.2) is 40.7 Å². The molecule has 2 aromatic rings. The Bertz CT molecular complexity index is 1420. The Hall–Kier alpha value is -4.66. The second kappa shape index (κ2) is 9.77. The summed E-state index contributed by atoms with van der Waals surface area (Å²) >= 11 is 0. The number of aliphatic imine (C=N–C) groups is 1. The molecule has 0 aromatic heterocycles. The molecule has 37 heavy (non-hydrogen) atoms. The number of nitrogens with zero attached hydrogens (tertiary/aromatic N) is 4. The first-order chi connectivity index (χ1) is 17.2. The lowest BCUT2D eigenvalue weighted by atomic mass is 9.86. The SMILES string of the molecule is CC(=O)C1=C(C)N(c2cccc(C(F)(F)F)c2)C(=O)N(C)C1c1c(N=C(C)N)cc(C#N)cc1C(=O)O. The highest BCUT2D eigenvalue weighted by molar-refractivity contribution is 6.06. The number of carbonyl (C=O) groups excluding carboxylic acids is 2. The Kier molecular flexibility index (Phi) is 7.11. The number of carboxylic acids is 1. The van der Waals surface area contributed by atoms with Crippen molar-refractivity contribution in [3.05, 3.63) is 69.9 Å². The molecule has 9 nitrogen and oxygen atoms in total. The van der Waals surface area contributed by atoms with Gasteiger partial charge in [0.05, 0.1) is 46.0 Å². The third-order valence-corrected chi connectivity index (χ3v) is 5.78. The number of halogens is 3. The number of anilines is 1. The van der Waals surface area contributed by atoms with Crippen LogP contribution in [0.2, 0.25) is 0 Å². The van der Waals surface area contributed by atoms with Gasteiger partial charge in [0.1, 0.15) is 0 Å². The van der Waals surface area contributed by atoms with Crippen LogP contribution in [-0.2, 0) is 11.0 Å². The van der Waals surface area contributed by atoms with Gasteiger partial charge in [-0.1, -0.05) is 6.07 Å². The normalized spacial score (nSPS) is 16.6. The highest BCUT2D eigenvalue weighted by Gasteiger charge is 2.42. The van der Waals surface area contributed by atoms with Gasteiger partial charge in [-0.2, -0.15) is 18.4 Å². The van der Waals surface area contributed by atoms with Gasteiger partial charge in [0.2, 0.25) is 0 Å². The zero-order valence-electron chi connectivity index (χ0n) is 20.2. The van der Waals surface area contributed by atoms with Crippen LogP contribution in [0.3, 0.4) is 0 Å². The van der Waals surface area contributed by atoms with Crippen molar-refractivity contribution < 1.29 is 32.7 Å². The lowest BCUT2D eigenvalue weighted by Crippen LogP contribution is -2.49. The molecule has 3 rings (SSSR count). The van der Waals surface area contributed by atoms with Gasteiger partial charge >= 0.3 is 18.2 Å². The summed E-state index contributed by atoms with van der Waals surface area (Å²) in [6.07, 6.45) is -4.67. The molecule has 0 spiro atoms. The number of Topliss-reactive ketones (excluding diaryl/α,β-unsaturated/α-hetero) is 1. The second-order valence-electron chi connectivity index (χ2n) is 8.36. The maximum atomic E-state index is 13.6. The summed E-state index contributed by atoms with van der Waals surface area (Å²) in [5, 5.41) is 19.3. The minimum Gasteiger partial charge on any atom is -0.478 e. The van der Waals surface area contributed by atoms with Crippen molar-refractivity contribution in [1.29, 1.82) is 5.26 Å². The molecule has 12 heteroatoms. The van der Waals surface area contributed by atoms with Crippen molar-refractivity contribution >= 4 is 35.0 Å². The average molecular weight is 513 g/mol.